The summed E-state index contributed by atoms with van der Waals surface area (Å²) in [5.74, 6) is 2.10. The lowest BCUT2D eigenvalue weighted by Crippen LogP contribution is -2.14. The summed E-state index contributed by atoms with van der Waals surface area (Å²) < 4.78 is 0. The number of fused-ring (bicyclic) bond motifs is 1. The van der Waals surface area contributed by atoms with Gasteiger partial charge in [0.2, 0.25) is 5.95 Å². The molecule has 0 unspecified atom stereocenters. The third-order valence-electron chi connectivity index (χ3n) is 3.25. The largest absolute Gasteiger partial charge is 0.369 e. The number of anilines is 2. The first-order valence-electron chi connectivity index (χ1n) is 6.41. The molecule has 6 heteroatoms. The molecule has 0 saturated carbocycles. The highest BCUT2D eigenvalue weighted by atomic mass is 15.2. The van der Waals surface area contributed by atoms with E-state index in [2.05, 4.69) is 44.6 Å². The third kappa shape index (κ3) is 2.52. The van der Waals surface area contributed by atoms with E-state index in [-0.39, 0.29) is 0 Å². The molecule has 3 N–H and O–H groups in total. The van der Waals surface area contributed by atoms with E-state index in [1.807, 2.05) is 7.05 Å². The second-order valence-electron chi connectivity index (χ2n) is 4.34. The molecule has 0 aliphatic heterocycles. The highest BCUT2D eigenvalue weighted by Crippen LogP contribution is 2.20. The molecule has 2 aromatic rings. The topological polar surface area (TPSA) is 78.5 Å². The smallest absolute Gasteiger partial charge is 0.226 e. The van der Waals surface area contributed by atoms with Crippen molar-refractivity contribution in [3.8, 4) is 0 Å². The van der Waals surface area contributed by atoms with Crippen molar-refractivity contribution >= 4 is 22.8 Å². The van der Waals surface area contributed by atoms with Crippen molar-refractivity contribution in [1.29, 1.82) is 0 Å². The Morgan fingerprint density at radius 2 is 2.06 bits per heavy atom. The molecule has 2 rings (SSSR count). The maximum atomic E-state index is 4.44. The van der Waals surface area contributed by atoms with Crippen molar-refractivity contribution in [3.63, 3.8) is 0 Å². The second kappa shape index (κ2) is 5.66. The first-order chi connectivity index (χ1) is 8.78. The van der Waals surface area contributed by atoms with E-state index in [0.717, 1.165) is 23.4 Å². The summed E-state index contributed by atoms with van der Waals surface area (Å²) in [5, 5.41) is 14.2. The number of rotatable bonds is 6. The van der Waals surface area contributed by atoms with Crippen molar-refractivity contribution < 1.29 is 0 Å². The predicted octanol–water partition coefficient (Wildman–Crippen LogP) is 2.24. The van der Waals surface area contributed by atoms with Crippen molar-refractivity contribution in [2.24, 2.45) is 5.92 Å². The van der Waals surface area contributed by atoms with E-state index in [1.54, 1.807) is 6.20 Å². The Balaban J connectivity index is 2.22. The van der Waals surface area contributed by atoms with Crippen LogP contribution in [0.5, 0.6) is 0 Å². The second-order valence-corrected chi connectivity index (χ2v) is 4.34. The maximum Gasteiger partial charge on any atom is 0.226 e. The van der Waals surface area contributed by atoms with Crippen LogP contribution in [0.1, 0.15) is 26.7 Å². The van der Waals surface area contributed by atoms with Crippen LogP contribution in [0.2, 0.25) is 0 Å². The zero-order chi connectivity index (χ0) is 13.0. The van der Waals surface area contributed by atoms with Gasteiger partial charge in [-0.1, -0.05) is 26.7 Å². The van der Waals surface area contributed by atoms with Gasteiger partial charge in [0, 0.05) is 13.6 Å². The zero-order valence-electron chi connectivity index (χ0n) is 11.1. The SMILES string of the molecule is CCC(CC)CNc1nc(NC)nc2[nH]ncc12. The molecule has 0 atom stereocenters. The van der Waals surface area contributed by atoms with Crippen LogP contribution in [0.15, 0.2) is 6.20 Å². The van der Waals surface area contributed by atoms with Gasteiger partial charge in [0.05, 0.1) is 11.6 Å². The molecule has 0 aliphatic rings. The first kappa shape index (κ1) is 12.6. The monoisotopic (exact) mass is 248 g/mol. The number of nitrogens with zero attached hydrogens (tertiary/aromatic N) is 3. The van der Waals surface area contributed by atoms with Gasteiger partial charge in [-0.25, -0.2) is 0 Å². The fourth-order valence-corrected chi connectivity index (χ4v) is 1.90. The Morgan fingerprint density at radius 1 is 1.28 bits per heavy atom. The number of H-pyrrole nitrogens is 1. The molecular formula is C12H20N6. The lowest BCUT2D eigenvalue weighted by Gasteiger charge is -2.14. The van der Waals surface area contributed by atoms with Crippen molar-refractivity contribution in [2.75, 3.05) is 24.2 Å². The van der Waals surface area contributed by atoms with Gasteiger partial charge in [-0.05, 0) is 5.92 Å². The Hall–Kier alpha value is -1.85. The molecule has 0 aliphatic carbocycles. The van der Waals surface area contributed by atoms with Crippen LogP contribution in [0.4, 0.5) is 11.8 Å². The molecule has 0 amide bonds. The van der Waals surface area contributed by atoms with Crippen LogP contribution in [0, 0.1) is 5.92 Å². The fraction of sp³-hybridized carbons (Fsp3) is 0.583. The van der Waals surface area contributed by atoms with Crippen LogP contribution in [-0.2, 0) is 0 Å². The van der Waals surface area contributed by atoms with Crippen molar-refractivity contribution in [2.45, 2.75) is 26.7 Å². The van der Waals surface area contributed by atoms with Gasteiger partial charge in [-0.2, -0.15) is 15.1 Å². The first-order valence-corrected chi connectivity index (χ1v) is 6.41. The van der Waals surface area contributed by atoms with Crippen LogP contribution >= 0.6 is 0 Å². The average Bonchev–Trinajstić information content (AvgIpc) is 2.87. The molecule has 18 heavy (non-hydrogen) atoms. The van der Waals surface area contributed by atoms with Gasteiger partial charge in [0.15, 0.2) is 5.65 Å². The summed E-state index contributed by atoms with van der Waals surface area (Å²) in [5.41, 5.74) is 0.751. The minimum absolute atomic E-state index is 0.596. The average molecular weight is 248 g/mol. The number of aromatic nitrogens is 4. The van der Waals surface area contributed by atoms with Gasteiger partial charge in [0.1, 0.15) is 5.82 Å². The minimum atomic E-state index is 0.596. The zero-order valence-corrected chi connectivity index (χ0v) is 11.1. The summed E-state index contributed by atoms with van der Waals surface area (Å²) in [6, 6.07) is 0. The summed E-state index contributed by atoms with van der Waals surface area (Å²) in [6.07, 6.45) is 4.09. The van der Waals surface area contributed by atoms with E-state index in [1.165, 1.54) is 12.8 Å². The van der Waals surface area contributed by atoms with E-state index >= 15 is 0 Å². The highest BCUT2D eigenvalue weighted by molar-refractivity contribution is 5.86. The normalized spacial score (nSPS) is 11.1. The Morgan fingerprint density at radius 3 is 2.72 bits per heavy atom. The van der Waals surface area contributed by atoms with Crippen LogP contribution in [0.3, 0.4) is 0 Å². The van der Waals surface area contributed by atoms with Crippen LogP contribution in [-0.4, -0.2) is 33.8 Å². The summed E-state index contributed by atoms with van der Waals surface area (Å²) >= 11 is 0. The molecule has 0 bridgehead atoms. The predicted molar refractivity (Wildman–Crippen MR) is 73.8 cm³/mol. The number of hydrogen-bond acceptors (Lipinski definition) is 5. The molecule has 98 valence electrons. The summed E-state index contributed by atoms with van der Waals surface area (Å²) in [6.45, 7) is 5.35. The molecule has 2 aromatic heterocycles. The highest BCUT2D eigenvalue weighted by Gasteiger charge is 2.10. The lowest BCUT2D eigenvalue weighted by atomic mass is 10.0. The van der Waals surface area contributed by atoms with Gasteiger partial charge < -0.3 is 10.6 Å². The summed E-state index contributed by atoms with van der Waals surface area (Å²) in [4.78, 5) is 8.74. The Labute approximate surface area is 107 Å². The van der Waals surface area contributed by atoms with Gasteiger partial charge in [0.25, 0.3) is 0 Å². The van der Waals surface area contributed by atoms with E-state index in [4.69, 9.17) is 0 Å². The summed E-state index contributed by atoms with van der Waals surface area (Å²) in [7, 11) is 1.81. The van der Waals surface area contributed by atoms with Crippen LogP contribution < -0.4 is 10.6 Å². The quantitative estimate of drug-likeness (QED) is 0.730. The van der Waals surface area contributed by atoms with E-state index in [9.17, 15) is 0 Å². The third-order valence-corrected chi connectivity index (χ3v) is 3.25. The standard InChI is InChI=1S/C12H20N6/c1-4-8(5-2)6-14-10-9-7-15-18-11(9)17-12(13-3)16-10/h7-8H,4-6H2,1-3H3,(H3,13,14,15,16,17,18). The Bertz CT molecular complexity index is 502. The van der Waals surface area contributed by atoms with Crippen molar-refractivity contribution in [3.05, 3.63) is 6.20 Å². The van der Waals surface area contributed by atoms with Crippen LogP contribution in [0.25, 0.3) is 11.0 Å². The molecule has 0 fully saturated rings. The maximum absolute atomic E-state index is 4.44. The van der Waals surface area contributed by atoms with Crippen molar-refractivity contribution in [1.82, 2.24) is 20.2 Å². The lowest BCUT2D eigenvalue weighted by molar-refractivity contribution is 0.518. The molecule has 0 aromatic carbocycles. The van der Waals surface area contributed by atoms with E-state index < -0.39 is 0 Å². The molecule has 0 saturated heterocycles. The number of nitrogens with one attached hydrogen (secondary N) is 3. The molecule has 0 spiro atoms. The molecule has 0 radical (unpaired) electrons. The molecule has 2 heterocycles. The minimum Gasteiger partial charge on any atom is -0.369 e. The number of hydrogen-bond donors (Lipinski definition) is 3. The fourth-order valence-electron chi connectivity index (χ4n) is 1.90. The molecule has 6 nitrogen and oxygen atoms in total. The van der Waals surface area contributed by atoms with Gasteiger partial charge >= 0.3 is 0 Å². The number of aromatic amines is 1. The van der Waals surface area contributed by atoms with E-state index in [0.29, 0.717) is 11.9 Å². The van der Waals surface area contributed by atoms with Gasteiger partial charge in [-0.3, -0.25) is 5.10 Å². The Kier molecular flexibility index (Phi) is 3.96. The van der Waals surface area contributed by atoms with Gasteiger partial charge in [-0.15, -0.1) is 0 Å². The molecular weight excluding hydrogens is 228 g/mol.